The molecular formula is C15H13ClOS. The average molecular weight is 277 g/mol. The summed E-state index contributed by atoms with van der Waals surface area (Å²) in [7, 11) is 0. The van der Waals surface area contributed by atoms with Crippen molar-refractivity contribution in [3.05, 3.63) is 64.7 Å². The molecule has 2 aromatic carbocycles. The Balaban J connectivity index is 1.89. The normalized spacial score (nSPS) is 18.2. The van der Waals surface area contributed by atoms with Gasteiger partial charge in [0.2, 0.25) is 0 Å². The first kappa shape index (κ1) is 11.9. The monoisotopic (exact) mass is 276 g/mol. The Morgan fingerprint density at radius 2 is 1.83 bits per heavy atom. The predicted octanol–water partition coefficient (Wildman–Crippen LogP) is 4.71. The third-order valence-electron chi connectivity index (χ3n) is 3.03. The van der Waals surface area contributed by atoms with E-state index >= 15 is 0 Å². The van der Waals surface area contributed by atoms with Crippen molar-refractivity contribution in [1.82, 2.24) is 0 Å². The SMILES string of the molecule is Clc1ccccc1O[C@@H]1CSCc2ccccc21. The minimum atomic E-state index is 0.0971. The number of halogens is 1. The summed E-state index contributed by atoms with van der Waals surface area (Å²) < 4.78 is 6.06. The Hall–Kier alpha value is -1.12. The van der Waals surface area contributed by atoms with Gasteiger partial charge in [-0.25, -0.2) is 0 Å². The Morgan fingerprint density at radius 1 is 1.06 bits per heavy atom. The summed E-state index contributed by atoms with van der Waals surface area (Å²) in [5, 5.41) is 0.672. The lowest BCUT2D eigenvalue weighted by Gasteiger charge is -2.26. The van der Waals surface area contributed by atoms with Gasteiger partial charge in [-0.3, -0.25) is 0 Å². The highest BCUT2D eigenvalue weighted by molar-refractivity contribution is 7.98. The van der Waals surface area contributed by atoms with Crippen LogP contribution in [0.2, 0.25) is 5.02 Å². The van der Waals surface area contributed by atoms with Crippen molar-refractivity contribution in [2.45, 2.75) is 11.9 Å². The molecule has 0 fully saturated rings. The fraction of sp³-hybridized carbons (Fsp3) is 0.200. The maximum Gasteiger partial charge on any atom is 0.138 e. The number of fused-ring (bicyclic) bond motifs is 1. The molecule has 0 aliphatic carbocycles. The van der Waals surface area contributed by atoms with Gasteiger partial charge in [0.1, 0.15) is 11.9 Å². The molecule has 0 bridgehead atoms. The van der Waals surface area contributed by atoms with Crippen molar-refractivity contribution in [1.29, 1.82) is 0 Å². The van der Waals surface area contributed by atoms with E-state index in [1.165, 1.54) is 11.1 Å². The van der Waals surface area contributed by atoms with E-state index in [-0.39, 0.29) is 6.10 Å². The summed E-state index contributed by atoms with van der Waals surface area (Å²) in [6.07, 6.45) is 0.0971. The first-order valence-corrected chi connectivity index (χ1v) is 7.44. The smallest absolute Gasteiger partial charge is 0.138 e. The number of thioether (sulfide) groups is 1. The molecule has 3 heteroatoms. The fourth-order valence-corrected chi connectivity index (χ4v) is 3.38. The lowest BCUT2D eigenvalue weighted by molar-refractivity contribution is 0.229. The van der Waals surface area contributed by atoms with E-state index in [0.717, 1.165) is 17.3 Å². The van der Waals surface area contributed by atoms with Crippen LogP contribution in [0.1, 0.15) is 17.2 Å². The van der Waals surface area contributed by atoms with Crippen molar-refractivity contribution in [2.24, 2.45) is 0 Å². The van der Waals surface area contributed by atoms with Gasteiger partial charge in [0.05, 0.1) is 5.02 Å². The van der Waals surface area contributed by atoms with Gasteiger partial charge in [0.25, 0.3) is 0 Å². The third kappa shape index (κ3) is 2.36. The van der Waals surface area contributed by atoms with Crippen LogP contribution in [0.5, 0.6) is 5.75 Å². The summed E-state index contributed by atoms with van der Waals surface area (Å²) in [5.74, 6) is 2.81. The van der Waals surface area contributed by atoms with E-state index in [2.05, 4.69) is 24.3 Å². The van der Waals surface area contributed by atoms with Crippen LogP contribution in [-0.4, -0.2) is 5.75 Å². The molecule has 3 rings (SSSR count). The molecule has 1 aliphatic rings. The number of rotatable bonds is 2. The second-order valence-corrected chi connectivity index (χ2v) is 5.69. The quantitative estimate of drug-likeness (QED) is 0.786. The van der Waals surface area contributed by atoms with Crippen LogP contribution < -0.4 is 4.74 Å². The van der Waals surface area contributed by atoms with Crippen LogP contribution in [0.3, 0.4) is 0 Å². The van der Waals surface area contributed by atoms with Crippen molar-refractivity contribution in [2.75, 3.05) is 5.75 Å². The summed E-state index contributed by atoms with van der Waals surface area (Å²) >= 11 is 8.04. The molecule has 0 spiro atoms. The van der Waals surface area contributed by atoms with E-state index in [0.29, 0.717) is 5.02 Å². The van der Waals surface area contributed by atoms with Gasteiger partial charge in [-0.1, -0.05) is 48.0 Å². The molecule has 0 unspecified atom stereocenters. The first-order chi connectivity index (χ1) is 8.84. The van der Waals surface area contributed by atoms with Crippen molar-refractivity contribution in [3.8, 4) is 5.75 Å². The molecule has 1 aliphatic heterocycles. The topological polar surface area (TPSA) is 9.23 Å². The minimum absolute atomic E-state index is 0.0971. The van der Waals surface area contributed by atoms with Gasteiger partial charge in [0.15, 0.2) is 0 Å². The van der Waals surface area contributed by atoms with Crippen LogP contribution in [-0.2, 0) is 5.75 Å². The van der Waals surface area contributed by atoms with Crippen LogP contribution >= 0.6 is 23.4 Å². The number of hydrogen-bond donors (Lipinski definition) is 0. The zero-order valence-corrected chi connectivity index (χ0v) is 11.4. The Kier molecular flexibility index (Phi) is 3.48. The molecule has 1 heterocycles. The molecule has 1 nitrogen and oxygen atoms in total. The standard InChI is InChI=1S/C15H13ClOS/c16-13-7-3-4-8-14(13)17-15-10-18-9-11-5-1-2-6-12(11)15/h1-8,15H,9-10H2/t15-/m1/s1. The van der Waals surface area contributed by atoms with E-state index in [1.54, 1.807) is 0 Å². The van der Waals surface area contributed by atoms with Gasteiger partial charge < -0.3 is 4.74 Å². The highest BCUT2D eigenvalue weighted by Gasteiger charge is 2.22. The van der Waals surface area contributed by atoms with Gasteiger partial charge in [-0.2, -0.15) is 11.8 Å². The van der Waals surface area contributed by atoms with Gasteiger partial charge in [0, 0.05) is 11.5 Å². The Bertz CT molecular complexity index is 556. The van der Waals surface area contributed by atoms with E-state index in [9.17, 15) is 0 Å². The van der Waals surface area contributed by atoms with E-state index in [1.807, 2.05) is 36.0 Å². The Morgan fingerprint density at radius 3 is 2.72 bits per heavy atom. The van der Waals surface area contributed by atoms with E-state index < -0.39 is 0 Å². The largest absolute Gasteiger partial charge is 0.483 e. The molecule has 0 saturated heterocycles. The average Bonchev–Trinajstić information content (AvgIpc) is 2.42. The maximum atomic E-state index is 6.14. The molecule has 2 aromatic rings. The molecule has 0 aromatic heterocycles. The lowest BCUT2D eigenvalue weighted by Crippen LogP contribution is -2.16. The second-order valence-electron chi connectivity index (χ2n) is 4.25. The number of hydrogen-bond acceptors (Lipinski definition) is 2. The molecule has 0 saturated carbocycles. The van der Waals surface area contributed by atoms with Gasteiger partial charge in [-0.05, 0) is 23.3 Å². The zero-order valence-electron chi connectivity index (χ0n) is 9.80. The van der Waals surface area contributed by atoms with Crippen LogP contribution in [0.15, 0.2) is 48.5 Å². The number of ether oxygens (including phenoxy) is 1. The number of benzene rings is 2. The zero-order chi connectivity index (χ0) is 12.4. The van der Waals surface area contributed by atoms with Crippen molar-refractivity contribution in [3.63, 3.8) is 0 Å². The molecule has 92 valence electrons. The molecule has 1 atom stereocenters. The Labute approximate surface area is 116 Å². The van der Waals surface area contributed by atoms with Crippen LogP contribution in [0.25, 0.3) is 0 Å². The molecule has 0 radical (unpaired) electrons. The van der Waals surface area contributed by atoms with Crippen molar-refractivity contribution < 1.29 is 4.74 Å². The predicted molar refractivity (Wildman–Crippen MR) is 77.4 cm³/mol. The van der Waals surface area contributed by atoms with E-state index in [4.69, 9.17) is 16.3 Å². The van der Waals surface area contributed by atoms with Crippen LogP contribution in [0, 0.1) is 0 Å². The summed E-state index contributed by atoms with van der Waals surface area (Å²) in [6.45, 7) is 0. The molecule has 0 N–H and O–H groups in total. The van der Waals surface area contributed by atoms with Crippen molar-refractivity contribution >= 4 is 23.4 Å². The lowest BCUT2D eigenvalue weighted by atomic mass is 10.0. The highest BCUT2D eigenvalue weighted by Crippen LogP contribution is 2.36. The molecule has 0 amide bonds. The summed E-state index contributed by atoms with van der Waals surface area (Å²) in [4.78, 5) is 0. The number of para-hydroxylation sites is 1. The second kappa shape index (κ2) is 5.25. The van der Waals surface area contributed by atoms with Crippen LogP contribution in [0.4, 0.5) is 0 Å². The van der Waals surface area contributed by atoms with Gasteiger partial charge >= 0.3 is 0 Å². The fourth-order valence-electron chi connectivity index (χ4n) is 2.14. The van der Waals surface area contributed by atoms with Gasteiger partial charge in [-0.15, -0.1) is 0 Å². The third-order valence-corrected chi connectivity index (χ3v) is 4.40. The molecule has 18 heavy (non-hydrogen) atoms. The summed E-state index contributed by atoms with van der Waals surface area (Å²) in [6, 6.07) is 16.1. The highest BCUT2D eigenvalue weighted by atomic mass is 35.5. The molecular weight excluding hydrogens is 264 g/mol. The minimum Gasteiger partial charge on any atom is -0.483 e. The first-order valence-electron chi connectivity index (χ1n) is 5.91. The maximum absolute atomic E-state index is 6.14. The summed E-state index contributed by atoms with van der Waals surface area (Å²) in [5.41, 5.74) is 2.65.